The van der Waals surface area contributed by atoms with E-state index in [1.54, 1.807) is 61.5 Å². The van der Waals surface area contributed by atoms with Gasteiger partial charge in [-0.25, -0.2) is 0 Å². The molecule has 0 saturated carbocycles. The number of aliphatic hydroxyl groups excluding tert-OH is 1. The molecule has 178 valence electrons. The Morgan fingerprint density at radius 1 is 0.941 bits per heavy atom. The number of alkyl halides is 5. The lowest BCUT2D eigenvalue weighted by Crippen LogP contribution is -2.43. The number of para-hydroxylation sites is 1. The number of hydrogen-bond donors (Lipinski definition) is 1. The molecule has 2 unspecified atom stereocenters. The van der Waals surface area contributed by atoms with Gasteiger partial charge in [-0.3, -0.25) is 5.01 Å². The van der Waals surface area contributed by atoms with E-state index in [-0.39, 0.29) is 10.7 Å². The number of anilines is 1. The zero-order valence-electron chi connectivity index (χ0n) is 17.9. The van der Waals surface area contributed by atoms with Crippen LogP contribution in [0, 0.1) is 0 Å². The van der Waals surface area contributed by atoms with E-state index in [2.05, 4.69) is 5.10 Å². The van der Waals surface area contributed by atoms with Gasteiger partial charge in [-0.05, 0) is 47.4 Å². The second-order valence-corrected chi connectivity index (χ2v) is 8.47. The van der Waals surface area contributed by atoms with Crippen LogP contribution in [0.15, 0.2) is 77.9 Å². The SMILES string of the molecule is CC(O)c1ccc(-c2cccc(C3CC(C(F)(F)C(F)(F)F)=NN3c3ccccc3Cl)c2)cc1. The average Bonchev–Trinajstić information content (AvgIpc) is 3.25. The third-order valence-electron chi connectivity index (χ3n) is 5.73. The maximum atomic E-state index is 14.2. The number of nitrogens with zero attached hydrogens (tertiary/aromatic N) is 2. The van der Waals surface area contributed by atoms with Crippen molar-refractivity contribution in [1.82, 2.24) is 0 Å². The van der Waals surface area contributed by atoms with Crippen LogP contribution < -0.4 is 5.01 Å². The lowest BCUT2D eigenvalue weighted by atomic mass is 9.94. The molecular weight excluding hydrogens is 475 g/mol. The summed E-state index contributed by atoms with van der Waals surface area (Å²) in [4.78, 5) is 0. The molecule has 9 heteroatoms. The number of benzene rings is 3. The highest BCUT2D eigenvalue weighted by Gasteiger charge is 2.62. The van der Waals surface area contributed by atoms with Crippen molar-refractivity contribution in [3.05, 3.63) is 88.9 Å². The molecule has 1 N–H and O–H groups in total. The van der Waals surface area contributed by atoms with Gasteiger partial charge in [0.1, 0.15) is 5.71 Å². The number of aliphatic hydroxyl groups is 1. The van der Waals surface area contributed by atoms with E-state index >= 15 is 0 Å². The van der Waals surface area contributed by atoms with Crippen molar-refractivity contribution in [2.24, 2.45) is 5.10 Å². The van der Waals surface area contributed by atoms with Crippen LogP contribution in [-0.2, 0) is 0 Å². The van der Waals surface area contributed by atoms with Gasteiger partial charge in [0.25, 0.3) is 0 Å². The summed E-state index contributed by atoms with van der Waals surface area (Å²) in [6.45, 7) is 1.65. The average molecular weight is 495 g/mol. The Balaban J connectivity index is 1.75. The molecular formula is C25H20ClF5N2O. The molecule has 1 heterocycles. The molecule has 2 atom stereocenters. The Kier molecular flexibility index (Phi) is 6.40. The van der Waals surface area contributed by atoms with Gasteiger partial charge in [-0.15, -0.1) is 0 Å². The molecule has 0 amide bonds. The molecule has 3 nitrogen and oxygen atoms in total. The van der Waals surface area contributed by atoms with E-state index in [0.717, 1.165) is 21.7 Å². The normalized spacial score (nSPS) is 17.6. The zero-order chi connectivity index (χ0) is 24.7. The van der Waals surface area contributed by atoms with Crippen molar-refractivity contribution in [2.75, 3.05) is 5.01 Å². The van der Waals surface area contributed by atoms with Crippen molar-refractivity contribution in [2.45, 2.75) is 37.6 Å². The highest BCUT2D eigenvalue weighted by Crippen LogP contribution is 2.46. The van der Waals surface area contributed by atoms with Crippen LogP contribution in [0.25, 0.3) is 11.1 Å². The van der Waals surface area contributed by atoms with Gasteiger partial charge >= 0.3 is 12.1 Å². The van der Waals surface area contributed by atoms with Gasteiger partial charge in [0, 0.05) is 6.42 Å². The second kappa shape index (κ2) is 9.00. The highest BCUT2D eigenvalue weighted by molar-refractivity contribution is 6.33. The van der Waals surface area contributed by atoms with Crippen molar-refractivity contribution in [3.8, 4) is 11.1 Å². The maximum Gasteiger partial charge on any atom is 0.459 e. The first kappa shape index (κ1) is 24.2. The molecule has 3 aromatic carbocycles. The Morgan fingerprint density at radius 3 is 2.24 bits per heavy atom. The Labute approximate surface area is 198 Å². The van der Waals surface area contributed by atoms with Crippen LogP contribution in [0.1, 0.15) is 36.6 Å². The predicted molar refractivity (Wildman–Crippen MR) is 122 cm³/mol. The standard InChI is InChI=1S/C25H20ClF5N2O/c1-15(34)16-9-11-17(12-10-16)18-5-4-6-19(13-18)22-14-23(24(27,28)25(29,30)31)32-33(22)21-8-3-2-7-20(21)26/h2-13,15,22,34H,14H2,1H3. The molecule has 0 radical (unpaired) electrons. The quantitative estimate of drug-likeness (QED) is 0.371. The summed E-state index contributed by atoms with van der Waals surface area (Å²) in [5, 5.41) is 14.7. The molecule has 0 spiro atoms. The zero-order valence-corrected chi connectivity index (χ0v) is 18.7. The van der Waals surface area contributed by atoms with Crippen LogP contribution in [0.5, 0.6) is 0 Å². The molecule has 1 aliphatic heterocycles. The van der Waals surface area contributed by atoms with Crippen LogP contribution in [0.3, 0.4) is 0 Å². The fourth-order valence-corrected chi connectivity index (χ4v) is 4.09. The molecule has 0 bridgehead atoms. The van der Waals surface area contributed by atoms with Crippen molar-refractivity contribution >= 4 is 23.0 Å². The summed E-state index contributed by atoms with van der Waals surface area (Å²) in [7, 11) is 0. The first-order chi connectivity index (χ1) is 16.0. The van der Waals surface area contributed by atoms with Crippen LogP contribution >= 0.6 is 11.6 Å². The van der Waals surface area contributed by atoms with E-state index in [4.69, 9.17) is 11.6 Å². The second-order valence-electron chi connectivity index (χ2n) is 8.06. The Hall–Kier alpha value is -2.97. The Morgan fingerprint density at radius 2 is 1.62 bits per heavy atom. The molecule has 4 rings (SSSR count). The minimum Gasteiger partial charge on any atom is -0.389 e. The summed E-state index contributed by atoms with van der Waals surface area (Å²) in [5.41, 5.74) is 1.74. The maximum absolute atomic E-state index is 14.2. The predicted octanol–water partition coefficient (Wildman–Crippen LogP) is 7.57. The molecule has 0 fully saturated rings. The van der Waals surface area contributed by atoms with Gasteiger partial charge in [0.15, 0.2) is 0 Å². The Bertz CT molecular complexity index is 1210. The summed E-state index contributed by atoms with van der Waals surface area (Å²) in [6.07, 6.45) is -7.02. The van der Waals surface area contributed by atoms with E-state index < -0.39 is 36.4 Å². The number of hydrazone groups is 1. The third-order valence-corrected chi connectivity index (χ3v) is 6.05. The highest BCUT2D eigenvalue weighted by atomic mass is 35.5. The first-order valence-corrected chi connectivity index (χ1v) is 10.8. The molecule has 1 aliphatic rings. The van der Waals surface area contributed by atoms with Crippen molar-refractivity contribution < 1.29 is 27.1 Å². The van der Waals surface area contributed by atoms with E-state index in [0.29, 0.717) is 5.56 Å². The lowest BCUT2D eigenvalue weighted by molar-refractivity contribution is -0.249. The summed E-state index contributed by atoms with van der Waals surface area (Å²) < 4.78 is 67.8. The van der Waals surface area contributed by atoms with E-state index in [1.165, 1.54) is 12.1 Å². The molecule has 0 aliphatic carbocycles. The number of hydrogen-bond acceptors (Lipinski definition) is 3. The fraction of sp³-hybridized carbons (Fsp3) is 0.240. The molecule has 0 aromatic heterocycles. The smallest absolute Gasteiger partial charge is 0.389 e. The summed E-state index contributed by atoms with van der Waals surface area (Å²) in [5.74, 6) is -5.07. The molecule has 34 heavy (non-hydrogen) atoms. The van der Waals surface area contributed by atoms with Gasteiger partial charge < -0.3 is 5.11 Å². The van der Waals surface area contributed by atoms with E-state index in [1.807, 2.05) is 6.07 Å². The molecule has 3 aromatic rings. The molecule has 0 saturated heterocycles. The third kappa shape index (κ3) is 4.52. The largest absolute Gasteiger partial charge is 0.459 e. The minimum absolute atomic E-state index is 0.178. The first-order valence-electron chi connectivity index (χ1n) is 10.4. The van der Waals surface area contributed by atoms with Crippen LogP contribution in [0.4, 0.5) is 27.6 Å². The lowest BCUT2D eigenvalue weighted by Gasteiger charge is -2.25. The van der Waals surface area contributed by atoms with Gasteiger partial charge in [-0.2, -0.15) is 27.1 Å². The topological polar surface area (TPSA) is 35.8 Å². The van der Waals surface area contributed by atoms with Crippen molar-refractivity contribution in [1.29, 1.82) is 0 Å². The number of halogens is 6. The fourth-order valence-electron chi connectivity index (χ4n) is 3.86. The van der Waals surface area contributed by atoms with Gasteiger partial charge in [0.05, 0.1) is 22.9 Å². The van der Waals surface area contributed by atoms with Gasteiger partial charge in [0.2, 0.25) is 0 Å². The number of rotatable bonds is 5. The summed E-state index contributed by atoms with van der Waals surface area (Å²) >= 11 is 6.24. The van der Waals surface area contributed by atoms with E-state index in [9.17, 15) is 27.1 Å². The van der Waals surface area contributed by atoms with Gasteiger partial charge in [-0.1, -0.05) is 66.2 Å². The summed E-state index contributed by atoms with van der Waals surface area (Å²) in [6, 6.07) is 19.4. The van der Waals surface area contributed by atoms with Crippen molar-refractivity contribution in [3.63, 3.8) is 0 Å². The van der Waals surface area contributed by atoms with Crippen LogP contribution in [-0.4, -0.2) is 22.9 Å². The minimum atomic E-state index is -5.76. The monoisotopic (exact) mass is 494 g/mol. The van der Waals surface area contributed by atoms with Crippen LogP contribution in [0.2, 0.25) is 5.02 Å².